The molecule has 2 aromatic rings. The van der Waals surface area contributed by atoms with Crippen LogP contribution in [0.15, 0.2) is 48.8 Å². The van der Waals surface area contributed by atoms with E-state index in [1.807, 2.05) is 41.6 Å². The lowest BCUT2D eigenvalue weighted by molar-refractivity contribution is -0.117. The summed E-state index contributed by atoms with van der Waals surface area (Å²) in [6.45, 7) is 0.806. The Kier molecular flexibility index (Phi) is 5.07. The van der Waals surface area contributed by atoms with E-state index in [-0.39, 0.29) is 11.4 Å². The van der Waals surface area contributed by atoms with Crippen molar-refractivity contribution in [2.24, 2.45) is 0 Å². The third-order valence-electron chi connectivity index (χ3n) is 5.55. The summed E-state index contributed by atoms with van der Waals surface area (Å²) in [5.41, 5.74) is 2.99. The van der Waals surface area contributed by atoms with Gasteiger partial charge in [-0.25, -0.2) is 0 Å². The van der Waals surface area contributed by atoms with Gasteiger partial charge in [0.05, 0.1) is 5.54 Å². The first kappa shape index (κ1) is 17.9. The van der Waals surface area contributed by atoms with Gasteiger partial charge >= 0.3 is 0 Å². The van der Waals surface area contributed by atoms with E-state index in [4.69, 9.17) is 12.2 Å². The molecule has 1 aromatic carbocycles. The first-order valence-corrected chi connectivity index (χ1v) is 9.97. The van der Waals surface area contributed by atoms with E-state index in [0.717, 1.165) is 37.2 Å². The first-order valence-electron chi connectivity index (χ1n) is 9.56. The minimum atomic E-state index is -0.116. The number of aromatic nitrogens is 1. The molecule has 1 saturated heterocycles. The van der Waals surface area contributed by atoms with Gasteiger partial charge in [0.2, 0.25) is 5.91 Å². The molecule has 2 fully saturated rings. The molecule has 0 bridgehead atoms. The predicted octanol–water partition coefficient (Wildman–Crippen LogP) is 3.96. The number of amides is 1. The summed E-state index contributed by atoms with van der Waals surface area (Å²) in [5.74, 6) is 0.202. The molecule has 2 N–H and O–H groups in total. The number of nitrogens with zero attached hydrogens (tertiary/aromatic N) is 2. The fourth-order valence-electron chi connectivity index (χ4n) is 4.16. The molecular weight excluding hydrogens is 356 g/mol. The second-order valence-corrected chi connectivity index (χ2v) is 7.71. The van der Waals surface area contributed by atoms with Crippen LogP contribution in [-0.4, -0.2) is 22.5 Å². The summed E-state index contributed by atoms with van der Waals surface area (Å²) >= 11 is 5.60. The highest BCUT2D eigenvalue weighted by molar-refractivity contribution is 7.80. The summed E-state index contributed by atoms with van der Waals surface area (Å²) in [5, 5.41) is 7.48. The molecular formula is C21H24N4OS. The van der Waals surface area contributed by atoms with Crippen LogP contribution in [0.3, 0.4) is 0 Å². The van der Waals surface area contributed by atoms with Crippen molar-refractivity contribution in [3.8, 4) is 0 Å². The Labute approximate surface area is 165 Å². The lowest BCUT2D eigenvalue weighted by atomic mass is 9.89. The molecule has 1 aliphatic heterocycles. The lowest BCUT2D eigenvalue weighted by Gasteiger charge is -2.32. The zero-order chi connectivity index (χ0) is 18.7. The molecule has 27 heavy (non-hydrogen) atoms. The van der Waals surface area contributed by atoms with Gasteiger partial charge in [-0.2, -0.15) is 0 Å². The molecule has 1 aliphatic carbocycles. The first-order chi connectivity index (χ1) is 13.2. The average Bonchev–Trinajstić information content (AvgIpc) is 3.33. The van der Waals surface area contributed by atoms with Crippen LogP contribution in [0.4, 0.5) is 11.4 Å². The van der Waals surface area contributed by atoms with Gasteiger partial charge in [-0.3, -0.25) is 9.78 Å². The molecule has 4 rings (SSSR count). The van der Waals surface area contributed by atoms with Gasteiger partial charge in [-0.15, -0.1) is 0 Å². The van der Waals surface area contributed by atoms with E-state index in [9.17, 15) is 4.79 Å². The lowest BCUT2D eigenvalue weighted by Crippen LogP contribution is -2.45. The zero-order valence-corrected chi connectivity index (χ0v) is 16.1. The number of nitrogens with one attached hydrogen (secondary N) is 2. The molecule has 6 heteroatoms. The molecule has 1 saturated carbocycles. The standard InChI is InChI=1S/C21H24N4OS/c26-19-4-3-15-25(19)18-7-5-17(6-8-18)23-20(27)24-21(11-1-2-12-21)16-9-13-22-14-10-16/h5-10,13-14H,1-4,11-12,15H2,(H2,23,24,27). The summed E-state index contributed by atoms with van der Waals surface area (Å²) < 4.78 is 0. The largest absolute Gasteiger partial charge is 0.353 e. The number of benzene rings is 1. The summed E-state index contributed by atoms with van der Waals surface area (Å²) in [6, 6.07) is 12.0. The van der Waals surface area contributed by atoms with E-state index in [2.05, 4.69) is 27.8 Å². The van der Waals surface area contributed by atoms with Crippen molar-refractivity contribution in [2.75, 3.05) is 16.8 Å². The maximum Gasteiger partial charge on any atom is 0.227 e. The second-order valence-electron chi connectivity index (χ2n) is 7.30. The predicted molar refractivity (Wildman–Crippen MR) is 112 cm³/mol. The molecule has 1 amide bonds. The van der Waals surface area contributed by atoms with Crippen LogP contribution in [0.5, 0.6) is 0 Å². The third-order valence-corrected chi connectivity index (χ3v) is 5.76. The van der Waals surface area contributed by atoms with Gasteiger partial charge in [0.25, 0.3) is 0 Å². The van der Waals surface area contributed by atoms with Crippen molar-refractivity contribution in [1.82, 2.24) is 10.3 Å². The number of thiocarbonyl (C=S) groups is 1. The van der Waals surface area contributed by atoms with E-state index < -0.39 is 0 Å². The number of anilines is 2. The molecule has 0 atom stereocenters. The van der Waals surface area contributed by atoms with Crippen LogP contribution in [0.2, 0.25) is 0 Å². The smallest absolute Gasteiger partial charge is 0.227 e. The zero-order valence-electron chi connectivity index (χ0n) is 15.3. The van der Waals surface area contributed by atoms with E-state index in [0.29, 0.717) is 11.5 Å². The number of rotatable bonds is 4. The van der Waals surface area contributed by atoms with E-state index in [1.165, 1.54) is 18.4 Å². The van der Waals surface area contributed by atoms with Gasteiger partial charge < -0.3 is 15.5 Å². The fraction of sp³-hybridized carbons (Fsp3) is 0.381. The highest BCUT2D eigenvalue weighted by Gasteiger charge is 2.36. The minimum Gasteiger partial charge on any atom is -0.353 e. The Bertz CT molecular complexity index is 816. The number of hydrogen-bond acceptors (Lipinski definition) is 3. The highest BCUT2D eigenvalue weighted by Crippen LogP contribution is 2.38. The normalized spacial score (nSPS) is 18.5. The Morgan fingerprint density at radius 2 is 1.74 bits per heavy atom. The summed E-state index contributed by atoms with van der Waals surface area (Å²) in [4.78, 5) is 17.9. The van der Waals surface area contributed by atoms with Gasteiger partial charge in [0.15, 0.2) is 5.11 Å². The number of pyridine rings is 1. The van der Waals surface area contributed by atoms with Crippen LogP contribution in [0, 0.1) is 0 Å². The van der Waals surface area contributed by atoms with Crippen molar-refractivity contribution in [3.05, 3.63) is 54.4 Å². The molecule has 1 aromatic heterocycles. The molecule has 2 aliphatic rings. The Morgan fingerprint density at radius 3 is 2.37 bits per heavy atom. The summed E-state index contributed by atoms with van der Waals surface area (Å²) in [7, 11) is 0. The van der Waals surface area contributed by atoms with Crippen molar-refractivity contribution in [3.63, 3.8) is 0 Å². The monoisotopic (exact) mass is 380 g/mol. The topological polar surface area (TPSA) is 57.3 Å². The van der Waals surface area contributed by atoms with Crippen LogP contribution in [0.25, 0.3) is 0 Å². The molecule has 0 spiro atoms. The molecule has 0 unspecified atom stereocenters. The van der Waals surface area contributed by atoms with Gasteiger partial charge in [0, 0.05) is 36.7 Å². The number of hydrogen-bond donors (Lipinski definition) is 2. The van der Waals surface area contributed by atoms with Gasteiger partial charge in [-0.1, -0.05) is 12.8 Å². The molecule has 0 radical (unpaired) electrons. The van der Waals surface area contributed by atoms with Gasteiger partial charge in [-0.05, 0) is 73.4 Å². The van der Waals surface area contributed by atoms with Crippen molar-refractivity contribution >= 4 is 34.6 Å². The van der Waals surface area contributed by atoms with E-state index >= 15 is 0 Å². The highest BCUT2D eigenvalue weighted by atomic mass is 32.1. The second kappa shape index (κ2) is 7.64. The minimum absolute atomic E-state index is 0.116. The van der Waals surface area contributed by atoms with E-state index in [1.54, 1.807) is 0 Å². The van der Waals surface area contributed by atoms with Crippen LogP contribution in [-0.2, 0) is 10.3 Å². The average molecular weight is 381 g/mol. The molecule has 2 heterocycles. The third kappa shape index (κ3) is 3.81. The Morgan fingerprint density at radius 1 is 1.04 bits per heavy atom. The maximum absolute atomic E-state index is 11.9. The summed E-state index contributed by atoms with van der Waals surface area (Å²) in [6.07, 6.45) is 9.77. The molecule has 140 valence electrons. The van der Waals surface area contributed by atoms with Crippen molar-refractivity contribution < 1.29 is 4.79 Å². The van der Waals surface area contributed by atoms with Crippen molar-refractivity contribution in [1.29, 1.82) is 0 Å². The Balaban J connectivity index is 1.43. The number of carbonyl (C=O) groups is 1. The van der Waals surface area contributed by atoms with Crippen molar-refractivity contribution in [2.45, 2.75) is 44.1 Å². The fourth-order valence-corrected chi connectivity index (χ4v) is 4.47. The Hall–Kier alpha value is -2.47. The quantitative estimate of drug-likeness (QED) is 0.786. The maximum atomic E-state index is 11.9. The SMILES string of the molecule is O=C1CCCN1c1ccc(NC(=S)NC2(c3ccncc3)CCCC2)cc1. The van der Waals surface area contributed by atoms with Crippen LogP contribution in [0.1, 0.15) is 44.1 Å². The number of carbonyl (C=O) groups excluding carboxylic acids is 1. The van der Waals surface area contributed by atoms with Crippen LogP contribution < -0.4 is 15.5 Å². The molecule has 5 nitrogen and oxygen atoms in total. The van der Waals surface area contributed by atoms with Crippen LogP contribution >= 0.6 is 12.2 Å². The van der Waals surface area contributed by atoms with Gasteiger partial charge in [0.1, 0.15) is 0 Å².